The molecule has 1 saturated carbocycles. The van der Waals surface area contributed by atoms with E-state index in [1.165, 1.54) is 6.42 Å². The van der Waals surface area contributed by atoms with Crippen molar-refractivity contribution in [3.05, 3.63) is 28.3 Å². The summed E-state index contributed by atoms with van der Waals surface area (Å²) in [4.78, 5) is 0. The van der Waals surface area contributed by atoms with E-state index in [2.05, 4.69) is 0 Å². The molecule has 0 heterocycles. The zero-order valence-electron chi connectivity index (χ0n) is 8.31. The number of anilines is 1. The third-order valence-corrected chi connectivity index (χ3v) is 3.35. The summed E-state index contributed by atoms with van der Waals surface area (Å²) in [6.45, 7) is 1.97. The molecular formula is C11H15ClN2. The van der Waals surface area contributed by atoms with Gasteiger partial charge in [-0.3, -0.25) is 0 Å². The van der Waals surface area contributed by atoms with Crippen LogP contribution in [0.15, 0.2) is 12.1 Å². The van der Waals surface area contributed by atoms with E-state index in [0.717, 1.165) is 34.7 Å². The predicted octanol–water partition coefficient (Wildman–Crippen LogP) is 2.57. The molecule has 0 atom stereocenters. The van der Waals surface area contributed by atoms with Crippen molar-refractivity contribution in [1.29, 1.82) is 0 Å². The Morgan fingerprint density at radius 3 is 2.50 bits per heavy atom. The Morgan fingerprint density at radius 2 is 2.00 bits per heavy atom. The van der Waals surface area contributed by atoms with Crippen LogP contribution in [0, 0.1) is 6.92 Å². The van der Waals surface area contributed by atoms with Crippen LogP contribution < -0.4 is 11.5 Å². The van der Waals surface area contributed by atoms with E-state index in [0.29, 0.717) is 0 Å². The smallest absolute Gasteiger partial charge is 0.0430 e. The van der Waals surface area contributed by atoms with Gasteiger partial charge in [-0.15, -0.1) is 0 Å². The third-order valence-electron chi connectivity index (χ3n) is 3.13. The lowest BCUT2D eigenvalue weighted by Gasteiger charge is -2.39. The molecule has 1 fully saturated rings. The van der Waals surface area contributed by atoms with Crippen LogP contribution in [0.3, 0.4) is 0 Å². The van der Waals surface area contributed by atoms with Gasteiger partial charge in [0.25, 0.3) is 0 Å². The Kier molecular flexibility index (Phi) is 2.20. The lowest BCUT2D eigenvalue weighted by Crippen LogP contribution is -2.43. The average Bonchev–Trinajstić information content (AvgIpc) is 2.07. The number of rotatable bonds is 1. The number of nitrogens with two attached hydrogens (primary N) is 2. The number of halogens is 1. The van der Waals surface area contributed by atoms with Crippen LogP contribution in [0.4, 0.5) is 5.69 Å². The highest BCUT2D eigenvalue weighted by Crippen LogP contribution is 2.42. The van der Waals surface area contributed by atoms with Crippen LogP contribution in [0.2, 0.25) is 5.02 Å². The lowest BCUT2D eigenvalue weighted by atomic mass is 9.72. The van der Waals surface area contributed by atoms with Gasteiger partial charge in [0.15, 0.2) is 0 Å². The third kappa shape index (κ3) is 1.39. The quantitative estimate of drug-likeness (QED) is 0.700. The van der Waals surface area contributed by atoms with Gasteiger partial charge in [-0.05, 0) is 49.4 Å². The number of hydrogen-bond acceptors (Lipinski definition) is 2. The fraction of sp³-hybridized carbons (Fsp3) is 0.455. The van der Waals surface area contributed by atoms with Crippen molar-refractivity contribution in [3.63, 3.8) is 0 Å². The molecule has 3 heteroatoms. The zero-order chi connectivity index (χ0) is 10.3. The molecule has 0 radical (unpaired) electrons. The number of aryl methyl sites for hydroxylation is 1. The van der Waals surface area contributed by atoms with Crippen LogP contribution in [0.25, 0.3) is 0 Å². The molecule has 1 aliphatic rings. The number of benzene rings is 1. The Hall–Kier alpha value is -0.730. The molecule has 1 aromatic carbocycles. The van der Waals surface area contributed by atoms with E-state index in [9.17, 15) is 0 Å². The van der Waals surface area contributed by atoms with Gasteiger partial charge in [0.05, 0.1) is 0 Å². The van der Waals surface area contributed by atoms with Gasteiger partial charge < -0.3 is 11.5 Å². The van der Waals surface area contributed by atoms with E-state index < -0.39 is 0 Å². The molecule has 1 aliphatic carbocycles. The molecule has 0 aromatic heterocycles. The molecule has 0 saturated heterocycles. The molecule has 0 unspecified atom stereocenters. The summed E-state index contributed by atoms with van der Waals surface area (Å²) in [5.41, 5.74) is 14.9. The second-order valence-corrected chi connectivity index (χ2v) is 4.63. The minimum atomic E-state index is -0.222. The Morgan fingerprint density at radius 1 is 1.36 bits per heavy atom. The Balaban J connectivity index is 2.51. The molecular weight excluding hydrogens is 196 g/mol. The first kappa shape index (κ1) is 9.81. The SMILES string of the molecule is Cc1cc(Cl)cc(C2(N)CCC2)c1N. The van der Waals surface area contributed by atoms with Crippen molar-refractivity contribution >= 4 is 17.3 Å². The van der Waals surface area contributed by atoms with Crippen molar-refractivity contribution in [2.24, 2.45) is 5.73 Å². The molecule has 0 amide bonds. The standard InChI is InChI=1S/C11H15ClN2/c1-7-5-8(12)6-9(10(7)13)11(14)3-2-4-11/h5-6H,2-4,13-14H2,1H3. The van der Waals surface area contributed by atoms with Gasteiger partial charge in [0.1, 0.15) is 0 Å². The van der Waals surface area contributed by atoms with Crippen molar-refractivity contribution in [1.82, 2.24) is 0 Å². The fourth-order valence-electron chi connectivity index (χ4n) is 1.99. The van der Waals surface area contributed by atoms with Crippen LogP contribution in [-0.4, -0.2) is 0 Å². The maximum Gasteiger partial charge on any atom is 0.0430 e. The molecule has 0 bridgehead atoms. The largest absolute Gasteiger partial charge is 0.398 e. The monoisotopic (exact) mass is 210 g/mol. The van der Waals surface area contributed by atoms with Gasteiger partial charge in [0.2, 0.25) is 0 Å². The van der Waals surface area contributed by atoms with Gasteiger partial charge in [-0.2, -0.15) is 0 Å². The van der Waals surface area contributed by atoms with Crippen molar-refractivity contribution in [2.75, 3.05) is 5.73 Å². The highest BCUT2D eigenvalue weighted by molar-refractivity contribution is 6.30. The van der Waals surface area contributed by atoms with Crippen LogP contribution in [0.1, 0.15) is 30.4 Å². The van der Waals surface area contributed by atoms with Crippen molar-refractivity contribution < 1.29 is 0 Å². The minimum Gasteiger partial charge on any atom is -0.398 e. The molecule has 2 rings (SSSR count). The highest BCUT2D eigenvalue weighted by Gasteiger charge is 2.36. The summed E-state index contributed by atoms with van der Waals surface area (Å²) in [5.74, 6) is 0. The Bertz CT molecular complexity index is 370. The van der Waals surface area contributed by atoms with Crippen molar-refractivity contribution in [2.45, 2.75) is 31.7 Å². The predicted molar refractivity (Wildman–Crippen MR) is 60.3 cm³/mol. The normalized spacial score (nSPS) is 19.1. The van der Waals surface area contributed by atoms with E-state index in [1.807, 2.05) is 19.1 Å². The Labute approximate surface area is 89.2 Å². The molecule has 4 N–H and O–H groups in total. The summed E-state index contributed by atoms with van der Waals surface area (Å²) < 4.78 is 0. The second-order valence-electron chi connectivity index (χ2n) is 4.19. The van der Waals surface area contributed by atoms with E-state index in [-0.39, 0.29) is 5.54 Å². The van der Waals surface area contributed by atoms with Crippen LogP contribution >= 0.6 is 11.6 Å². The molecule has 0 spiro atoms. The van der Waals surface area contributed by atoms with Gasteiger partial charge >= 0.3 is 0 Å². The molecule has 0 aliphatic heterocycles. The van der Waals surface area contributed by atoms with Crippen molar-refractivity contribution in [3.8, 4) is 0 Å². The molecule has 1 aromatic rings. The maximum absolute atomic E-state index is 6.22. The maximum atomic E-state index is 6.22. The highest BCUT2D eigenvalue weighted by atomic mass is 35.5. The summed E-state index contributed by atoms with van der Waals surface area (Å²) in [5, 5.41) is 0.725. The summed E-state index contributed by atoms with van der Waals surface area (Å²) in [7, 11) is 0. The topological polar surface area (TPSA) is 52.0 Å². The van der Waals surface area contributed by atoms with Gasteiger partial charge in [-0.1, -0.05) is 11.6 Å². The van der Waals surface area contributed by atoms with E-state index in [4.69, 9.17) is 23.1 Å². The first-order chi connectivity index (χ1) is 6.53. The molecule has 2 nitrogen and oxygen atoms in total. The lowest BCUT2D eigenvalue weighted by molar-refractivity contribution is 0.254. The van der Waals surface area contributed by atoms with E-state index >= 15 is 0 Å². The summed E-state index contributed by atoms with van der Waals surface area (Å²) in [6.07, 6.45) is 3.20. The first-order valence-electron chi connectivity index (χ1n) is 4.88. The van der Waals surface area contributed by atoms with Gasteiger partial charge in [-0.25, -0.2) is 0 Å². The second kappa shape index (κ2) is 3.14. The average molecular weight is 211 g/mol. The molecule has 14 heavy (non-hydrogen) atoms. The minimum absolute atomic E-state index is 0.222. The summed E-state index contributed by atoms with van der Waals surface area (Å²) in [6, 6.07) is 3.78. The number of hydrogen-bond donors (Lipinski definition) is 2. The van der Waals surface area contributed by atoms with E-state index in [1.54, 1.807) is 0 Å². The zero-order valence-corrected chi connectivity index (χ0v) is 9.06. The summed E-state index contributed by atoms with van der Waals surface area (Å²) >= 11 is 6.00. The van der Waals surface area contributed by atoms with Crippen LogP contribution in [-0.2, 0) is 5.54 Å². The van der Waals surface area contributed by atoms with Gasteiger partial charge in [0, 0.05) is 16.2 Å². The first-order valence-corrected chi connectivity index (χ1v) is 5.26. The van der Waals surface area contributed by atoms with Crippen LogP contribution in [0.5, 0.6) is 0 Å². The number of nitrogen functional groups attached to an aromatic ring is 1. The fourth-order valence-corrected chi connectivity index (χ4v) is 2.27. The molecule has 76 valence electrons.